The second kappa shape index (κ2) is 4.97. The first-order valence-electron chi connectivity index (χ1n) is 5.80. The van der Waals surface area contributed by atoms with E-state index < -0.39 is 0 Å². The Bertz CT molecular complexity index is 212. The number of ether oxygens (including phenoxy) is 1. The molecule has 0 bridgehead atoms. The number of hydrogen-bond donors (Lipinski definition) is 0. The van der Waals surface area contributed by atoms with E-state index in [1.54, 1.807) is 0 Å². The second-order valence-corrected chi connectivity index (χ2v) is 5.46. The molecule has 0 aromatic rings. The molecular weight excluding hydrogens is 190 g/mol. The van der Waals surface area contributed by atoms with Crippen LogP contribution in [0.2, 0.25) is 0 Å². The maximum absolute atomic E-state index is 11.8. The van der Waals surface area contributed by atoms with Crippen molar-refractivity contribution in [1.82, 2.24) is 4.90 Å². The predicted octanol–water partition coefficient (Wildman–Crippen LogP) is 2.06. The van der Waals surface area contributed by atoms with Gasteiger partial charge in [-0.15, -0.1) is 0 Å². The third-order valence-corrected chi connectivity index (χ3v) is 2.76. The van der Waals surface area contributed by atoms with Crippen molar-refractivity contribution in [3.8, 4) is 0 Å². The van der Waals surface area contributed by atoms with Gasteiger partial charge in [-0.3, -0.25) is 4.79 Å². The Morgan fingerprint density at radius 1 is 1.33 bits per heavy atom. The zero-order valence-corrected chi connectivity index (χ0v) is 10.4. The molecule has 0 saturated carbocycles. The molecule has 1 saturated heterocycles. The number of rotatable bonds is 2. The molecule has 0 aliphatic carbocycles. The van der Waals surface area contributed by atoms with Crippen molar-refractivity contribution in [2.24, 2.45) is 5.92 Å². The first kappa shape index (κ1) is 12.5. The highest BCUT2D eigenvalue weighted by molar-refractivity contribution is 5.77. The molecule has 1 amide bonds. The monoisotopic (exact) mass is 213 g/mol. The van der Waals surface area contributed by atoms with E-state index in [1.165, 1.54) is 0 Å². The summed E-state index contributed by atoms with van der Waals surface area (Å²) in [6.45, 7) is 10.2. The van der Waals surface area contributed by atoms with Crippen LogP contribution < -0.4 is 0 Å². The van der Waals surface area contributed by atoms with Crippen molar-refractivity contribution in [1.29, 1.82) is 0 Å². The molecule has 0 atom stereocenters. The molecule has 1 fully saturated rings. The van der Waals surface area contributed by atoms with Crippen LogP contribution in [0.4, 0.5) is 0 Å². The summed E-state index contributed by atoms with van der Waals surface area (Å²) < 4.78 is 5.48. The molecule has 1 heterocycles. The zero-order valence-electron chi connectivity index (χ0n) is 10.4. The molecule has 0 aromatic carbocycles. The Morgan fingerprint density at radius 3 is 2.33 bits per heavy atom. The summed E-state index contributed by atoms with van der Waals surface area (Å²) >= 11 is 0. The van der Waals surface area contributed by atoms with Gasteiger partial charge in [0.25, 0.3) is 0 Å². The Hall–Kier alpha value is -0.570. The zero-order chi connectivity index (χ0) is 11.5. The van der Waals surface area contributed by atoms with Crippen LogP contribution in [0.1, 0.15) is 40.5 Å². The average Bonchev–Trinajstić information content (AvgIpc) is 2.14. The van der Waals surface area contributed by atoms with E-state index in [9.17, 15) is 4.79 Å². The van der Waals surface area contributed by atoms with Crippen LogP contribution in [0.3, 0.4) is 0 Å². The molecule has 3 nitrogen and oxygen atoms in total. The van der Waals surface area contributed by atoms with E-state index in [4.69, 9.17) is 4.74 Å². The van der Waals surface area contributed by atoms with Gasteiger partial charge in [-0.25, -0.2) is 0 Å². The molecule has 0 N–H and O–H groups in total. The van der Waals surface area contributed by atoms with E-state index in [2.05, 4.69) is 6.92 Å². The molecule has 0 unspecified atom stereocenters. The van der Waals surface area contributed by atoms with Crippen molar-refractivity contribution in [3.63, 3.8) is 0 Å². The van der Waals surface area contributed by atoms with Crippen molar-refractivity contribution >= 4 is 5.91 Å². The van der Waals surface area contributed by atoms with E-state index in [0.717, 1.165) is 31.8 Å². The fraction of sp³-hybridized carbons (Fsp3) is 0.917. The lowest BCUT2D eigenvalue weighted by Crippen LogP contribution is -2.41. The third kappa shape index (κ3) is 4.65. The van der Waals surface area contributed by atoms with E-state index in [0.29, 0.717) is 0 Å². The van der Waals surface area contributed by atoms with Gasteiger partial charge in [-0.1, -0.05) is 6.92 Å². The molecule has 1 aliphatic rings. The lowest BCUT2D eigenvalue weighted by molar-refractivity contribution is -0.142. The number of hydrogen-bond acceptors (Lipinski definition) is 2. The van der Waals surface area contributed by atoms with Gasteiger partial charge < -0.3 is 9.64 Å². The quantitative estimate of drug-likeness (QED) is 0.702. The Kier molecular flexibility index (Phi) is 4.14. The summed E-state index contributed by atoms with van der Waals surface area (Å²) in [5.41, 5.74) is -0.223. The molecule has 0 aromatic heterocycles. The van der Waals surface area contributed by atoms with Gasteiger partial charge in [0.05, 0.1) is 5.60 Å². The summed E-state index contributed by atoms with van der Waals surface area (Å²) in [5.74, 6) is 0.898. The lowest BCUT2D eigenvalue weighted by Gasteiger charge is -2.31. The smallest absolute Gasteiger partial charge is 0.248 e. The number of amides is 1. The maximum atomic E-state index is 11.8. The number of nitrogens with zero attached hydrogens (tertiary/aromatic N) is 1. The van der Waals surface area contributed by atoms with Crippen LogP contribution in [0.5, 0.6) is 0 Å². The molecular formula is C12H23NO2. The molecule has 3 heteroatoms. The van der Waals surface area contributed by atoms with E-state index >= 15 is 0 Å². The molecule has 0 spiro atoms. The van der Waals surface area contributed by atoms with E-state index in [-0.39, 0.29) is 18.1 Å². The fourth-order valence-corrected chi connectivity index (χ4v) is 1.63. The summed E-state index contributed by atoms with van der Waals surface area (Å²) in [4.78, 5) is 13.7. The topological polar surface area (TPSA) is 29.5 Å². The summed E-state index contributed by atoms with van der Waals surface area (Å²) in [5, 5.41) is 0. The van der Waals surface area contributed by atoms with Gasteiger partial charge in [-0.2, -0.15) is 0 Å². The van der Waals surface area contributed by atoms with Gasteiger partial charge in [0, 0.05) is 13.1 Å². The van der Waals surface area contributed by atoms with Crippen LogP contribution >= 0.6 is 0 Å². The molecule has 15 heavy (non-hydrogen) atoms. The Balaban J connectivity index is 2.29. The molecule has 1 aliphatic heterocycles. The SMILES string of the molecule is CC1CCN(C(=O)COC(C)(C)C)CC1. The summed E-state index contributed by atoms with van der Waals surface area (Å²) in [6, 6.07) is 0. The maximum Gasteiger partial charge on any atom is 0.248 e. The standard InChI is InChI=1S/C12H23NO2/c1-10-5-7-13(8-6-10)11(14)9-15-12(2,3)4/h10H,5-9H2,1-4H3. The number of carbonyl (C=O) groups excluding carboxylic acids is 1. The van der Waals surface area contributed by atoms with Gasteiger partial charge in [0.2, 0.25) is 5.91 Å². The summed E-state index contributed by atoms with van der Waals surface area (Å²) in [6.07, 6.45) is 2.25. The van der Waals surface area contributed by atoms with Gasteiger partial charge in [0.15, 0.2) is 0 Å². The third-order valence-electron chi connectivity index (χ3n) is 2.76. The number of likely N-dealkylation sites (tertiary alicyclic amines) is 1. The fourth-order valence-electron chi connectivity index (χ4n) is 1.63. The lowest BCUT2D eigenvalue weighted by atomic mass is 9.99. The second-order valence-electron chi connectivity index (χ2n) is 5.46. The summed E-state index contributed by atoms with van der Waals surface area (Å²) in [7, 11) is 0. The highest BCUT2D eigenvalue weighted by Gasteiger charge is 2.21. The normalized spacial score (nSPS) is 19.3. The van der Waals surface area contributed by atoms with Gasteiger partial charge in [-0.05, 0) is 39.5 Å². The number of piperidine rings is 1. The average molecular weight is 213 g/mol. The molecule has 0 radical (unpaired) electrons. The van der Waals surface area contributed by atoms with Gasteiger partial charge in [0.1, 0.15) is 6.61 Å². The first-order chi connectivity index (χ1) is 6.88. The van der Waals surface area contributed by atoms with Crippen LogP contribution in [0.25, 0.3) is 0 Å². The minimum Gasteiger partial charge on any atom is -0.366 e. The van der Waals surface area contributed by atoms with E-state index in [1.807, 2.05) is 25.7 Å². The van der Waals surface area contributed by atoms with Crippen LogP contribution in [0.15, 0.2) is 0 Å². The molecule has 88 valence electrons. The largest absolute Gasteiger partial charge is 0.366 e. The highest BCUT2D eigenvalue weighted by Crippen LogP contribution is 2.16. The number of carbonyl (C=O) groups is 1. The highest BCUT2D eigenvalue weighted by atomic mass is 16.5. The first-order valence-corrected chi connectivity index (χ1v) is 5.80. The van der Waals surface area contributed by atoms with Crippen molar-refractivity contribution in [3.05, 3.63) is 0 Å². The van der Waals surface area contributed by atoms with Crippen molar-refractivity contribution < 1.29 is 9.53 Å². The predicted molar refractivity (Wildman–Crippen MR) is 60.7 cm³/mol. The van der Waals surface area contributed by atoms with Crippen LogP contribution in [0, 0.1) is 5.92 Å². The van der Waals surface area contributed by atoms with Crippen LogP contribution in [-0.2, 0) is 9.53 Å². The van der Waals surface area contributed by atoms with Crippen molar-refractivity contribution in [2.45, 2.75) is 46.1 Å². The Morgan fingerprint density at radius 2 is 1.87 bits per heavy atom. The minimum atomic E-state index is -0.223. The molecule has 1 rings (SSSR count). The van der Waals surface area contributed by atoms with Crippen LogP contribution in [-0.4, -0.2) is 36.1 Å². The van der Waals surface area contributed by atoms with Crippen molar-refractivity contribution in [2.75, 3.05) is 19.7 Å². The Labute approximate surface area is 92.8 Å². The minimum absolute atomic E-state index is 0.136. The van der Waals surface area contributed by atoms with Gasteiger partial charge >= 0.3 is 0 Å².